The molecule has 4 nitrogen and oxygen atoms in total. The Morgan fingerprint density at radius 3 is 2.60 bits per heavy atom. The van der Waals surface area contributed by atoms with Gasteiger partial charge in [0.2, 0.25) is 0 Å². The van der Waals surface area contributed by atoms with Gasteiger partial charge in [0.15, 0.2) is 0 Å². The minimum atomic E-state index is -0.397. The summed E-state index contributed by atoms with van der Waals surface area (Å²) in [4.78, 5) is 10.5. The molecule has 0 amide bonds. The van der Waals surface area contributed by atoms with E-state index in [0.29, 0.717) is 16.6 Å². The second-order valence-corrected chi connectivity index (χ2v) is 5.54. The number of nitro benzene ring substituents is 1. The van der Waals surface area contributed by atoms with Gasteiger partial charge in [0.1, 0.15) is 12.4 Å². The molecule has 0 aliphatic carbocycles. The summed E-state index contributed by atoms with van der Waals surface area (Å²) >= 11 is 6.80. The van der Waals surface area contributed by atoms with E-state index in [1.165, 1.54) is 6.07 Å². The smallest absolute Gasteiger partial charge is 0.276 e. The molecular weight excluding hydrogens is 390 g/mol. The summed E-state index contributed by atoms with van der Waals surface area (Å²) in [5, 5.41) is 11.6. The highest BCUT2D eigenvalue weighted by molar-refractivity contribution is 9.10. The fourth-order valence-corrected chi connectivity index (χ4v) is 2.61. The van der Waals surface area contributed by atoms with Crippen molar-refractivity contribution in [2.45, 2.75) is 11.9 Å². The van der Waals surface area contributed by atoms with Gasteiger partial charge in [-0.3, -0.25) is 10.1 Å². The van der Waals surface area contributed by atoms with Crippen LogP contribution in [-0.4, -0.2) is 4.92 Å². The maximum Gasteiger partial charge on any atom is 0.276 e. The number of halogens is 2. The van der Waals surface area contributed by atoms with Gasteiger partial charge in [0.05, 0.1) is 10.5 Å². The molecule has 0 unspecified atom stereocenters. The predicted octanol–water partition coefficient (Wildman–Crippen LogP) is 4.83. The van der Waals surface area contributed by atoms with Gasteiger partial charge in [-0.1, -0.05) is 44.0 Å². The van der Waals surface area contributed by atoms with Crippen LogP contribution in [0, 0.1) is 10.1 Å². The summed E-state index contributed by atoms with van der Waals surface area (Å²) in [6.07, 6.45) is 0. The van der Waals surface area contributed by atoms with Gasteiger partial charge in [-0.15, -0.1) is 0 Å². The Morgan fingerprint density at radius 2 is 1.90 bits per heavy atom. The molecule has 0 N–H and O–H groups in total. The maximum atomic E-state index is 10.9. The lowest BCUT2D eigenvalue weighted by atomic mass is 10.2. The first kappa shape index (κ1) is 15.0. The van der Waals surface area contributed by atoms with Crippen molar-refractivity contribution in [3.8, 4) is 5.75 Å². The Labute approximate surface area is 133 Å². The van der Waals surface area contributed by atoms with Crippen molar-refractivity contribution in [1.29, 1.82) is 0 Å². The molecule has 2 aromatic rings. The van der Waals surface area contributed by atoms with Crippen LogP contribution in [0.4, 0.5) is 5.69 Å². The molecule has 0 radical (unpaired) electrons. The van der Waals surface area contributed by atoms with E-state index in [9.17, 15) is 10.1 Å². The van der Waals surface area contributed by atoms with E-state index in [1.807, 2.05) is 18.2 Å². The van der Waals surface area contributed by atoms with Gasteiger partial charge >= 0.3 is 0 Å². The lowest BCUT2D eigenvalue weighted by Gasteiger charge is -2.10. The van der Waals surface area contributed by atoms with E-state index in [-0.39, 0.29) is 12.3 Å². The zero-order chi connectivity index (χ0) is 14.5. The van der Waals surface area contributed by atoms with E-state index in [4.69, 9.17) is 4.74 Å². The van der Waals surface area contributed by atoms with E-state index < -0.39 is 4.92 Å². The molecule has 104 valence electrons. The number of ether oxygens (including phenoxy) is 1. The number of hydrogen-bond donors (Lipinski definition) is 0. The van der Waals surface area contributed by atoms with Gasteiger partial charge in [0.25, 0.3) is 5.69 Å². The molecule has 20 heavy (non-hydrogen) atoms. The van der Waals surface area contributed by atoms with Crippen LogP contribution in [-0.2, 0) is 11.9 Å². The van der Waals surface area contributed by atoms with Crippen LogP contribution in [0.25, 0.3) is 0 Å². The first-order valence-electron chi connectivity index (χ1n) is 5.81. The number of hydrogen-bond acceptors (Lipinski definition) is 3. The third-order valence-electron chi connectivity index (χ3n) is 2.74. The van der Waals surface area contributed by atoms with Crippen molar-refractivity contribution < 1.29 is 9.66 Å². The van der Waals surface area contributed by atoms with Gasteiger partial charge in [-0.2, -0.15) is 0 Å². The zero-order valence-corrected chi connectivity index (χ0v) is 13.6. The molecule has 0 aliphatic heterocycles. The molecule has 6 heteroatoms. The highest BCUT2D eigenvalue weighted by Gasteiger charge is 2.13. The average molecular weight is 401 g/mol. The Morgan fingerprint density at radius 1 is 1.15 bits per heavy atom. The summed E-state index contributed by atoms with van der Waals surface area (Å²) in [5.41, 5.74) is 1.61. The van der Waals surface area contributed by atoms with Gasteiger partial charge in [-0.05, 0) is 24.3 Å². The number of nitro groups is 1. The lowest BCUT2D eigenvalue weighted by molar-refractivity contribution is -0.385. The summed E-state index contributed by atoms with van der Waals surface area (Å²) in [6.45, 7) is 0.165. The fraction of sp³-hybridized carbons (Fsp3) is 0.143. The van der Waals surface area contributed by atoms with E-state index in [2.05, 4.69) is 31.9 Å². The number of rotatable bonds is 5. The summed E-state index contributed by atoms with van der Waals surface area (Å²) in [6, 6.07) is 12.3. The molecule has 0 aliphatic rings. The number of para-hydroxylation sites is 1. The van der Waals surface area contributed by atoms with Crippen molar-refractivity contribution in [3.05, 3.63) is 68.2 Å². The fourth-order valence-electron chi connectivity index (χ4n) is 1.76. The van der Waals surface area contributed by atoms with Crippen LogP contribution in [0.15, 0.2) is 46.9 Å². The van der Waals surface area contributed by atoms with Crippen molar-refractivity contribution in [3.63, 3.8) is 0 Å². The van der Waals surface area contributed by atoms with Crippen LogP contribution < -0.4 is 4.74 Å². The Balaban J connectivity index is 2.19. The van der Waals surface area contributed by atoms with Gasteiger partial charge in [0, 0.05) is 21.4 Å². The largest absolute Gasteiger partial charge is 0.488 e. The molecule has 0 heterocycles. The highest BCUT2D eigenvalue weighted by Crippen LogP contribution is 2.27. The van der Waals surface area contributed by atoms with Crippen LogP contribution >= 0.6 is 31.9 Å². The Hall–Kier alpha value is -1.40. The maximum absolute atomic E-state index is 10.9. The number of benzene rings is 2. The lowest BCUT2D eigenvalue weighted by Crippen LogP contribution is -2.01. The van der Waals surface area contributed by atoms with E-state index in [0.717, 1.165) is 10.0 Å². The minimum Gasteiger partial charge on any atom is -0.488 e. The number of alkyl halides is 1. The van der Waals surface area contributed by atoms with Gasteiger partial charge < -0.3 is 4.74 Å². The molecule has 2 aromatic carbocycles. The van der Waals surface area contributed by atoms with Gasteiger partial charge in [-0.25, -0.2) is 0 Å². The van der Waals surface area contributed by atoms with Crippen molar-refractivity contribution in [2.24, 2.45) is 0 Å². The number of nitrogens with zero attached hydrogens (tertiary/aromatic N) is 1. The van der Waals surface area contributed by atoms with Crippen molar-refractivity contribution >= 4 is 37.5 Å². The molecule has 0 atom stereocenters. The second-order valence-electron chi connectivity index (χ2n) is 4.06. The normalized spacial score (nSPS) is 10.3. The first-order chi connectivity index (χ1) is 9.61. The third-order valence-corrected chi connectivity index (χ3v) is 3.84. The Kier molecular flexibility index (Phi) is 5.14. The highest BCUT2D eigenvalue weighted by atomic mass is 79.9. The first-order valence-corrected chi connectivity index (χ1v) is 7.72. The molecule has 0 aromatic heterocycles. The summed E-state index contributed by atoms with van der Waals surface area (Å²) in [7, 11) is 0. The molecule has 0 fully saturated rings. The van der Waals surface area contributed by atoms with E-state index in [1.54, 1.807) is 18.2 Å². The monoisotopic (exact) mass is 399 g/mol. The van der Waals surface area contributed by atoms with Crippen LogP contribution in [0.5, 0.6) is 5.75 Å². The molecule has 0 saturated heterocycles. The quantitative estimate of drug-likeness (QED) is 0.410. The predicted molar refractivity (Wildman–Crippen MR) is 84.2 cm³/mol. The SMILES string of the molecule is O=[N+]([O-])c1ccccc1COc1ccc(Br)cc1CBr. The van der Waals surface area contributed by atoms with Crippen molar-refractivity contribution in [1.82, 2.24) is 0 Å². The topological polar surface area (TPSA) is 52.4 Å². The standard InChI is InChI=1S/C14H11Br2NO3/c15-8-11-7-12(16)5-6-14(11)20-9-10-3-1-2-4-13(10)17(18)19/h1-7H,8-9H2. The van der Waals surface area contributed by atoms with E-state index >= 15 is 0 Å². The molecule has 0 saturated carbocycles. The molecule has 0 spiro atoms. The minimum absolute atomic E-state index is 0.0741. The van der Waals surface area contributed by atoms with Crippen LogP contribution in [0.3, 0.4) is 0 Å². The third kappa shape index (κ3) is 3.58. The molecular formula is C14H11Br2NO3. The molecule has 0 bridgehead atoms. The molecule has 2 rings (SSSR count). The second kappa shape index (κ2) is 6.85. The Bertz CT molecular complexity index is 632. The summed E-state index contributed by atoms with van der Waals surface area (Å²) < 4.78 is 6.67. The van der Waals surface area contributed by atoms with Crippen LogP contribution in [0.2, 0.25) is 0 Å². The average Bonchev–Trinajstić information content (AvgIpc) is 2.46. The van der Waals surface area contributed by atoms with Crippen molar-refractivity contribution in [2.75, 3.05) is 0 Å². The zero-order valence-electron chi connectivity index (χ0n) is 10.4. The summed E-state index contributed by atoms with van der Waals surface area (Å²) in [5.74, 6) is 0.711. The van der Waals surface area contributed by atoms with Crippen LogP contribution in [0.1, 0.15) is 11.1 Å².